The number of benzene rings is 1. The van der Waals surface area contributed by atoms with E-state index in [0.717, 1.165) is 31.9 Å². The molecular formula is C19H24FN3O2. The van der Waals surface area contributed by atoms with Gasteiger partial charge in [-0.3, -0.25) is 9.69 Å². The Labute approximate surface area is 147 Å². The van der Waals surface area contributed by atoms with Gasteiger partial charge in [0.1, 0.15) is 11.6 Å². The number of para-hydroxylation sites is 1. The van der Waals surface area contributed by atoms with E-state index in [9.17, 15) is 9.18 Å². The molecule has 5 nitrogen and oxygen atoms in total. The van der Waals surface area contributed by atoms with Crippen molar-refractivity contribution in [1.82, 2.24) is 10.2 Å². The van der Waals surface area contributed by atoms with E-state index in [1.807, 2.05) is 32.0 Å². The SMILES string of the molecule is CC(C)NC(=O)c1ccc(CN2CCN(c3ccccc3F)CC2)o1. The molecule has 6 heteroatoms. The lowest BCUT2D eigenvalue weighted by molar-refractivity contribution is 0.0911. The number of hydrogen-bond donors (Lipinski definition) is 1. The third-order valence-corrected chi connectivity index (χ3v) is 4.25. The average molecular weight is 345 g/mol. The number of rotatable bonds is 5. The van der Waals surface area contributed by atoms with Gasteiger partial charge in [-0.1, -0.05) is 12.1 Å². The maximum atomic E-state index is 13.9. The minimum absolute atomic E-state index is 0.0764. The van der Waals surface area contributed by atoms with E-state index in [1.165, 1.54) is 6.07 Å². The van der Waals surface area contributed by atoms with Crippen LogP contribution in [0, 0.1) is 5.82 Å². The Morgan fingerprint density at radius 3 is 2.56 bits per heavy atom. The van der Waals surface area contributed by atoms with E-state index in [1.54, 1.807) is 12.1 Å². The molecule has 1 aromatic heterocycles. The molecular weight excluding hydrogens is 321 g/mol. The van der Waals surface area contributed by atoms with E-state index in [4.69, 9.17) is 4.42 Å². The van der Waals surface area contributed by atoms with Gasteiger partial charge in [0.25, 0.3) is 5.91 Å². The molecule has 0 aliphatic carbocycles. The molecule has 1 aliphatic heterocycles. The van der Waals surface area contributed by atoms with Crippen molar-refractivity contribution in [1.29, 1.82) is 0 Å². The molecule has 0 unspecified atom stereocenters. The van der Waals surface area contributed by atoms with Crippen LogP contribution < -0.4 is 10.2 Å². The summed E-state index contributed by atoms with van der Waals surface area (Å²) < 4.78 is 19.5. The second-order valence-electron chi connectivity index (χ2n) is 6.61. The monoisotopic (exact) mass is 345 g/mol. The number of halogens is 1. The molecule has 1 aromatic carbocycles. The van der Waals surface area contributed by atoms with Crippen LogP contribution in [0.3, 0.4) is 0 Å². The van der Waals surface area contributed by atoms with E-state index in [2.05, 4.69) is 15.1 Å². The fraction of sp³-hybridized carbons (Fsp3) is 0.421. The number of piperazine rings is 1. The first-order valence-electron chi connectivity index (χ1n) is 8.64. The molecule has 2 aromatic rings. The standard InChI is InChI=1S/C19H24FN3O2/c1-14(2)21-19(24)18-8-7-15(25-18)13-22-9-11-23(12-10-22)17-6-4-3-5-16(17)20/h3-8,14H,9-13H2,1-2H3,(H,21,24). The fourth-order valence-electron chi connectivity index (χ4n) is 2.99. The molecule has 0 saturated carbocycles. The summed E-state index contributed by atoms with van der Waals surface area (Å²) in [5.74, 6) is 0.746. The van der Waals surface area contributed by atoms with Crippen molar-refractivity contribution in [2.45, 2.75) is 26.4 Å². The number of amides is 1. The Kier molecular flexibility index (Phi) is 5.38. The third-order valence-electron chi connectivity index (χ3n) is 4.25. The Hall–Kier alpha value is -2.34. The van der Waals surface area contributed by atoms with E-state index in [-0.39, 0.29) is 17.8 Å². The maximum absolute atomic E-state index is 13.9. The first kappa shape index (κ1) is 17.5. The van der Waals surface area contributed by atoms with Crippen LogP contribution in [0.1, 0.15) is 30.2 Å². The normalized spacial score (nSPS) is 15.6. The second-order valence-corrected chi connectivity index (χ2v) is 6.61. The highest BCUT2D eigenvalue weighted by Gasteiger charge is 2.20. The zero-order chi connectivity index (χ0) is 17.8. The highest BCUT2D eigenvalue weighted by molar-refractivity contribution is 5.91. The number of hydrogen-bond acceptors (Lipinski definition) is 4. The van der Waals surface area contributed by atoms with Crippen molar-refractivity contribution < 1.29 is 13.6 Å². The zero-order valence-corrected chi connectivity index (χ0v) is 14.7. The predicted octanol–water partition coefficient (Wildman–Crippen LogP) is 2.88. The Balaban J connectivity index is 1.53. The number of anilines is 1. The van der Waals surface area contributed by atoms with Crippen molar-refractivity contribution in [3.05, 3.63) is 53.7 Å². The second kappa shape index (κ2) is 7.70. The minimum Gasteiger partial charge on any atom is -0.455 e. The first-order chi connectivity index (χ1) is 12.0. The summed E-state index contributed by atoms with van der Waals surface area (Å²) in [6.07, 6.45) is 0. The van der Waals surface area contributed by atoms with Crippen LogP contribution in [-0.4, -0.2) is 43.0 Å². The van der Waals surface area contributed by atoms with E-state index in [0.29, 0.717) is 18.0 Å². The van der Waals surface area contributed by atoms with Crippen molar-refractivity contribution in [2.24, 2.45) is 0 Å². The minimum atomic E-state index is -0.189. The van der Waals surface area contributed by atoms with Crippen LogP contribution in [0.2, 0.25) is 0 Å². The summed E-state index contributed by atoms with van der Waals surface area (Å²) in [7, 11) is 0. The Morgan fingerprint density at radius 1 is 1.16 bits per heavy atom. The van der Waals surface area contributed by atoms with Crippen molar-refractivity contribution in [2.75, 3.05) is 31.1 Å². The van der Waals surface area contributed by atoms with Gasteiger partial charge in [0.05, 0.1) is 12.2 Å². The van der Waals surface area contributed by atoms with Crippen LogP contribution in [-0.2, 0) is 6.54 Å². The molecule has 1 aliphatic rings. The molecule has 0 atom stereocenters. The smallest absolute Gasteiger partial charge is 0.287 e. The van der Waals surface area contributed by atoms with Gasteiger partial charge in [-0.05, 0) is 38.1 Å². The Morgan fingerprint density at radius 2 is 1.88 bits per heavy atom. The summed E-state index contributed by atoms with van der Waals surface area (Å²) in [5, 5.41) is 2.82. The summed E-state index contributed by atoms with van der Waals surface area (Å²) in [6.45, 7) is 7.66. The van der Waals surface area contributed by atoms with Crippen LogP contribution in [0.5, 0.6) is 0 Å². The number of nitrogens with one attached hydrogen (secondary N) is 1. The van der Waals surface area contributed by atoms with Gasteiger partial charge in [0.15, 0.2) is 5.76 Å². The lowest BCUT2D eigenvalue weighted by atomic mass is 10.2. The van der Waals surface area contributed by atoms with Gasteiger partial charge < -0.3 is 14.6 Å². The molecule has 134 valence electrons. The molecule has 1 fully saturated rings. The quantitative estimate of drug-likeness (QED) is 0.905. The molecule has 1 N–H and O–H groups in total. The van der Waals surface area contributed by atoms with Crippen LogP contribution >= 0.6 is 0 Å². The Bertz CT molecular complexity index is 721. The molecule has 0 spiro atoms. The zero-order valence-electron chi connectivity index (χ0n) is 14.7. The number of furan rings is 1. The van der Waals surface area contributed by atoms with Gasteiger partial charge in [0, 0.05) is 32.2 Å². The molecule has 2 heterocycles. The molecule has 0 bridgehead atoms. The molecule has 1 amide bonds. The highest BCUT2D eigenvalue weighted by Crippen LogP contribution is 2.21. The summed E-state index contributed by atoms with van der Waals surface area (Å²) in [5.41, 5.74) is 0.660. The van der Waals surface area contributed by atoms with Gasteiger partial charge >= 0.3 is 0 Å². The van der Waals surface area contributed by atoms with Crippen molar-refractivity contribution in [3.63, 3.8) is 0 Å². The molecule has 3 rings (SSSR count). The lowest BCUT2D eigenvalue weighted by Gasteiger charge is -2.35. The third kappa shape index (κ3) is 4.39. The molecule has 25 heavy (non-hydrogen) atoms. The molecule has 0 radical (unpaired) electrons. The summed E-state index contributed by atoms with van der Waals surface area (Å²) in [6, 6.07) is 10.5. The van der Waals surface area contributed by atoms with Gasteiger partial charge in [-0.15, -0.1) is 0 Å². The predicted molar refractivity (Wildman–Crippen MR) is 95.2 cm³/mol. The molecule has 1 saturated heterocycles. The van der Waals surface area contributed by atoms with Crippen LogP contribution in [0.4, 0.5) is 10.1 Å². The number of carbonyl (C=O) groups excluding carboxylic acids is 1. The highest BCUT2D eigenvalue weighted by atomic mass is 19.1. The average Bonchev–Trinajstić information content (AvgIpc) is 3.04. The van der Waals surface area contributed by atoms with Crippen molar-refractivity contribution >= 4 is 11.6 Å². The summed E-state index contributed by atoms with van der Waals surface area (Å²) in [4.78, 5) is 16.2. The van der Waals surface area contributed by atoms with E-state index < -0.39 is 0 Å². The van der Waals surface area contributed by atoms with Gasteiger partial charge in [0.2, 0.25) is 0 Å². The van der Waals surface area contributed by atoms with Gasteiger partial charge in [-0.25, -0.2) is 4.39 Å². The van der Waals surface area contributed by atoms with Gasteiger partial charge in [-0.2, -0.15) is 0 Å². The van der Waals surface area contributed by atoms with Crippen molar-refractivity contribution in [3.8, 4) is 0 Å². The fourth-order valence-corrected chi connectivity index (χ4v) is 2.99. The van der Waals surface area contributed by atoms with E-state index >= 15 is 0 Å². The van der Waals surface area contributed by atoms with Crippen LogP contribution in [0.15, 0.2) is 40.8 Å². The number of carbonyl (C=O) groups is 1. The summed E-state index contributed by atoms with van der Waals surface area (Å²) >= 11 is 0. The number of nitrogens with zero attached hydrogens (tertiary/aromatic N) is 2. The largest absolute Gasteiger partial charge is 0.455 e. The van der Waals surface area contributed by atoms with Crippen LogP contribution in [0.25, 0.3) is 0 Å². The topological polar surface area (TPSA) is 48.7 Å². The first-order valence-corrected chi connectivity index (χ1v) is 8.64. The lowest BCUT2D eigenvalue weighted by Crippen LogP contribution is -2.46. The maximum Gasteiger partial charge on any atom is 0.287 e.